The average molecular weight is 487 g/mol. The van der Waals surface area contributed by atoms with Gasteiger partial charge in [0, 0.05) is 0 Å². The van der Waals surface area contributed by atoms with E-state index in [1.54, 1.807) is 60.7 Å². The van der Waals surface area contributed by atoms with Gasteiger partial charge in [-0.1, -0.05) is 66.2 Å². The first-order valence-corrected chi connectivity index (χ1v) is 12.6. The van der Waals surface area contributed by atoms with Crippen molar-refractivity contribution in [1.82, 2.24) is 0 Å². The number of ether oxygens (including phenoxy) is 1. The number of nitrogens with zero attached hydrogens (tertiary/aromatic N) is 1. The lowest BCUT2D eigenvalue weighted by atomic mass is 10.2. The maximum atomic E-state index is 13.6. The predicted octanol–water partition coefficient (Wildman–Crippen LogP) is 5.93. The highest BCUT2D eigenvalue weighted by molar-refractivity contribution is 7.92. The van der Waals surface area contributed by atoms with Crippen LogP contribution in [0.1, 0.15) is 11.1 Å². The van der Waals surface area contributed by atoms with E-state index in [0.717, 1.165) is 15.4 Å². The predicted molar refractivity (Wildman–Crippen MR) is 138 cm³/mol. The molecule has 0 aliphatic rings. The molecule has 178 valence electrons. The van der Waals surface area contributed by atoms with Gasteiger partial charge in [-0.25, -0.2) is 8.42 Å². The van der Waals surface area contributed by atoms with Gasteiger partial charge in [-0.15, -0.1) is 0 Å². The Labute approximate surface area is 205 Å². The van der Waals surface area contributed by atoms with E-state index >= 15 is 0 Å². The van der Waals surface area contributed by atoms with E-state index in [4.69, 9.17) is 4.74 Å². The number of para-hydroxylation sites is 4. The summed E-state index contributed by atoms with van der Waals surface area (Å²) < 4.78 is 34.3. The fraction of sp³-hybridized carbons (Fsp3) is 0.107. The van der Waals surface area contributed by atoms with Crippen molar-refractivity contribution in [2.75, 3.05) is 16.2 Å². The zero-order valence-electron chi connectivity index (χ0n) is 19.5. The van der Waals surface area contributed by atoms with Crippen molar-refractivity contribution in [2.45, 2.75) is 18.7 Å². The number of rotatable bonds is 8. The van der Waals surface area contributed by atoms with Gasteiger partial charge < -0.3 is 10.1 Å². The molecule has 0 bridgehead atoms. The fourth-order valence-electron chi connectivity index (χ4n) is 3.57. The minimum Gasteiger partial charge on any atom is -0.455 e. The number of hydrogen-bond donors (Lipinski definition) is 1. The van der Waals surface area contributed by atoms with Gasteiger partial charge in [0.2, 0.25) is 5.91 Å². The Hall–Kier alpha value is -4.10. The smallest absolute Gasteiger partial charge is 0.264 e. The molecule has 0 unspecified atom stereocenters. The lowest BCUT2D eigenvalue weighted by Gasteiger charge is -2.26. The summed E-state index contributed by atoms with van der Waals surface area (Å²) in [6.45, 7) is 3.30. The van der Waals surface area contributed by atoms with Gasteiger partial charge in [-0.05, 0) is 61.9 Å². The number of carbonyl (C=O) groups excluding carboxylic acids is 1. The molecule has 0 heterocycles. The Morgan fingerprint density at radius 1 is 0.800 bits per heavy atom. The third-order valence-corrected chi connectivity index (χ3v) is 7.19. The van der Waals surface area contributed by atoms with Gasteiger partial charge in [-0.2, -0.15) is 0 Å². The Kier molecular flexibility index (Phi) is 7.17. The van der Waals surface area contributed by atoms with Crippen LogP contribution in [-0.2, 0) is 14.8 Å². The molecule has 0 fully saturated rings. The lowest BCUT2D eigenvalue weighted by molar-refractivity contribution is -0.114. The topological polar surface area (TPSA) is 75.7 Å². The highest BCUT2D eigenvalue weighted by atomic mass is 32.2. The molecular formula is C28H26N2O4S. The highest BCUT2D eigenvalue weighted by Gasteiger charge is 2.28. The SMILES string of the molecule is Cc1ccc(S(=O)(=O)N(CC(=O)Nc2ccccc2Oc2ccccc2)c2ccccc2C)cc1. The summed E-state index contributed by atoms with van der Waals surface area (Å²) >= 11 is 0. The molecule has 7 heteroatoms. The summed E-state index contributed by atoms with van der Waals surface area (Å²) in [5.41, 5.74) is 2.57. The molecule has 0 saturated carbocycles. The molecular weight excluding hydrogens is 460 g/mol. The van der Waals surface area contributed by atoms with Crippen LogP contribution in [0, 0.1) is 13.8 Å². The van der Waals surface area contributed by atoms with Crippen molar-refractivity contribution < 1.29 is 17.9 Å². The zero-order chi connectivity index (χ0) is 24.8. The third kappa shape index (κ3) is 5.70. The van der Waals surface area contributed by atoms with Gasteiger partial charge in [0.15, 0.2) is 5.75 Å². The number of nitrogens with one attached hydrogen (secondary N) is 1. The van der Waals surface area contributed by atoms with Crippen LogP contribution >= 0.6 is 0 Å². The van der Waals surface area contributed by atoms with E-state index in [2.05, 4.69) is 5.32 Å². The number of amides is 1. The van der Waals surface area contributed by atoms with Crippen LogP contribution in [0.4, 0.5) is 11.4 Å². The Balaban J connectivity index is 1.63. The van der Waals surface area contributed by atoms with Gasteiger partial charge in [0.25, 0.3) is 10.0 Å². The Morgan fingerprint density at radius 3 is 2.14 bits per heavy atom. The summed E-state index contributed by atoms with van der Waals surface area (Å²) in [5, 5.41) is 2.81. The number of hydrogen-bond acceptors (Lipinski definition) is 4. The largest absolute Gasteiger partial charge is 0.455 e. The highest BCUT2D eigenvalue weighted by Crippen LogP contribution is 2.30. The fourth-order valence-corrected chi connectivity index (χ4v) is 5.06. The summed E-state index contributed by atoms with van der Waals surface area (Å²) in [5.74, 6) is 0.585. The van der Waals surface area contributed by atoms with E-state index in [1.807, 2.05) is 56.3 Å². The quantitative estimate of drug-likeness (QED) is 0.335. The van der Waals surface area contributed by atoms with Crippen molar-refractivity contribution in [3.05, 3.63) is 114 Å². The van der Waals surface area contributed by atoms with Crippen LogP contribution in [0.3, 0.4) is 0 Å². The minimum atomic E-state index is -4.00. The number of aryl methyl sites for hydroxylation is 2. The second kappa shape index (κ2) is 10.4. The molecule has 6 nitrogen and oxygen atoms in total. The van der Waals surface area contributed by atoms with E-state index in [1.165, 1.54) is 0 Å². The third-order valence-electron chi connectivity index (χ3n) is 5.41. The maximum absolute atomic E-state index is 13.6. The second-order valence-electron chi connectivity index (χ2n) is 8.07. The number of sulfonamides is 1. The first kappa shape index (κ1) is 24.0. The van der Waals surface area contributed by atoms with E-state index < -0.39 is 22.5 Å². The molecule has 4 aromatic carbocycles. The summed E-state index contributed by atoms with van der Waals surface area (Å²) in [6, 6.07) is 29.9. The van der Waals surface area contributed by atoms with Gasteiger partial charge in [-0.3, -0.25) is 9.10 Å². The molecule has 4 aromatic rings. The van der Waals surface area contributed by atoms with Crippen molar-refractivity contribution >= 4 is 27.3 Å². The van der Waals surface area contributed by atoms with Crippen LogP contribution in [0.25, 0.3) is 0 Å². The molecule has 1 N–H and O–H groups in total. The monoisotopic (exact) mass is 486 g/mol. The molecule has 0 atom stereocenters. The van der Waals surface area contributed by atoms with Crippen molar-refractivity contribution in [2.24, 2.45) is 0 Å². The van der Waals surface area contributed by atoms with Gasteiger partial charge >= 0.3 is 0 Å². The van der Waals surface area contributed by atoms with Crippen LogP contribution in [0.5, 0.6) is 11.5 Å². The van der Waals surface area contributed by atoms with E-state index in [-0.39, 0.29) is 4.90 Å². The standard InChI is InChI=1S/C28H26N2O4S/c1-21-16-18-24(19-17-21)35(32,33)30(26-14-8-6-10-22(26)2)20-28(31)29-25-13-7-9-15-27(25)34-23-11-4-3-5-12-23/h3-19H,20H2,1-2H3,(H,29,31). The molecule has 0 aliphatic heterocycles. The van der Waals surface area contributed by atoms with Crippen LogP contribution < -0.4 is 14.4 Å². The van der Waals surface area contributed by atoms with Crippen molar-refractivity contribution in [3.63, 3.8) is 0 Å². The van der Waals surface area contributed by atoms with Gasteiger partial charge in [0.05, 0.1) is 16.3 Å². The van der Waals surface area contributed by atoms with Crippen molar-refractivity contribution in [3.8, 4) is 11.5 Å². The van der Waals surface area contributed by atoms with E-state index in [9.17, 15) is 13.2 Å². The van der Waals surface area contributed by atoms with Crippen molar-refractivity contribution in [1.29, 1.82) is 0 Å². The molecule has 35 heavy (non-hydrogen) atoms. The second-order valence-corrected chi connectivity index (χ2v) is 9.93. The first-order valence-electron chi connectivity index (χ1n) is 11.1. The maximum Gasteiger partial charge on any atom is 0.264 e. The molecule has 1 amide bonds. The van der Waals surface area contributed by atoms with Crippen LogP contribution in [0.15, 0.2) is 108 Å². The molecule has 0 spiro atoms. The summed E-state index contributed by atoms with van der Waals surface area (Å²) in [4.78, 5) is 13.3. The average Bonchev–Trinajstić information content (AvgIpc) is 2.85. The number of benzene rings is 4. The van der Waals surface area contributed by atoms with E-state index in [0.29, 0.717) is 22.9 Å². The van der Waals surface area contributed by atoms with Gasteiger partial charge in [0.1, 0.15) is 12.3 Å². The summed E-state index contributed by atoms with van der Waals surface area (Å²) in [6.07, 6.45) is 0. The molecule has 0 radical (unpaired) electrons. The minimum absolute atomic E-state index is 0.118. The Bertz CT molecular complexity index is 1420. The molecule has 0 aromatic heterocycles. The zero-order valence-corrected chi connectivity index (χ0v) is 20.3. The summed E-state index contributed by atoms with van der Waals surface area (Å²) in [7, 11) is -4.00. The molecule has 4 rings (SSSR count). The normalized spacial score (nSPS) is 11.0. The molecule has 0 aliphatic carbocycles. The molecule has 0 saturated heterocycles. The number of anilines is 2. The lowest BCUT2D eigenvalue weighted by Crippen LogP contribution is -2.38. The number of carbonyl (C=O) groups is 1. The first-order chi connectivity index (χ1) is 16.8. The van der Waals surface area contributed by atoms with Crippen LogP contribution in [-0.4, -0.2) is 20.9 Å². The van der Waals surface area contributed by atoms with Crippen LogP contribution in [0.2, 0.25) is 0 Å². The Morgan fingerprint density at radius 2 is 1.43 bits per heavy atom.